The van der Waals surface area contributed by atoms with Crippen LogP contribution in [0.4, 0.5) is 17.1 Å². The number of benzene rings is 2. The molecule has 3 rings (SSSR count). The second-order valence-electron chi connectivity index (χ2n) is 6.39. The van der Waals surface area contributed by atoms with E-state index in [-0.39, 0.29) is 29.5 Å². The second-order valence-corrected chi connectivity index (χ2v) is 7.87. The van der Waals surface area contributed by atoms with Crippen LogP contribution in [0.25, 0.3) is 0 Å². The maximum absolute atomic E-state index is 12.6. The van der Waals surface area contributed by atoms with Gasteiger partial charge in [0, 0.05) is 34.9 Å². The van der Waals surface area contributed by atoms with Crippen LogP contribution in [-0.2, 0) is 14.4 Å². The van der Waals surface area contributed by atoms with Gasteiger partial charge in [-0.1, -0.05) is 19.1 Å². The molecule has 6 nitrogen and oxygen atoms in total. The monoisotopic (exact) mass is 383 g/mol. The van der Waals surface area contributed by atoms with Crippen molar-refractivity contribution in [2.75, 3.05) is 22.1 Å². The Morgan fingerprint density at radius 2 is 1.70 bits per heavy atom. The molecule has 140 valence electrons. The zero-order valence-corrected chi connectivity index (χ0v) is 16.0. The van der Waals surface area contributed by atoms with E-state index in [4.69, 9.17) is 0 Å². The highest BCUT2D eigenvalue weighted by Crippen LogP contribution is 2.37. The summed E-state index contributed by atoms with van der Waals surface area (Å²) in [7, 11) is 0. The number of amides is 3. The number of anilines is 3. The highest BCUT2D eigenvalue weighted by atomic mass is 32.2. The van der Waals surface area contributed by atoms with Crippen molar-refractivity contribution in [2.24, 2.45) is 0 Å². The van der Waals surface area contributed by atoms with Gasteiger partial charge in [0.2, 0.25) is 17.7 Å². The maximum Gasteiger partial charge on any atom is 0.244 e. The summed E-state index contributed by atoms with van der Waals surface area (Å²) in [6.45, 7) is 3.40. The molecule has 2 N–H and O–H groups in total. The van der Waals surface area contributed by atoms with Crippen LogP contribution in [0.3, 0.4) is 0 Å². The summed E-state index contributed by atoms with van der Waals surface area (Å²) in [6, 6.07) is 14.5. The van der Waals surface area contributed by atoms with Crippen molar-refractivity contribution in [1.29, 1.82) is 0 Å². The van der Waals surface area contributed by atoms with Gasteiger partial charge in [-0.05, 0) is 36.4 Å². The summed E-state index contributed by atoms with van der Waals surface area (Å²) >= 11 is 1.65. The molecule has 27 heavy (non-hydrogen) atoms. The van der Waals surface area contributed by atoms with Gasteiger partial charge in [0.25, 0.3) is 0 Å². The normalized spacial score (nSPS) is 16.3. The summed E-state index contributed by atoms with van der Waals surface area (Å²) in [5.74, 6) is -0.488. The number of nitrogens with zero attached hydrogens (tertiary/aromatic N) is 1. The van der Waals surface area contributed by atoms with Crippen LogP contribution in [0.1, 0.15) is 20.3 Å². The molecular weight excluding hydrogens is 362 g/mol. The van der Waals surface area contributed by atoms with Crippen LogP contribution in [0, 0.1) is 0 Å². The number of nitrogens with one attached hydrogen (secondary N) is 2. The van der Waals surface area contributed by atoms with E-state index in [1.807, 2.05) is 31.2 Å². The molecule has 0 radical (unpaired) electrons. The van der Waals surface area contributed by atoms with Crippen molar-refractivity contribution >= 4 is 46.5 Å². The molecule has 1 heterocycles. The van der Waals surface area contributed by atoms with Gasteiger partial charge in [-0.3, -0.25) is 14.4 Å². The van der Waals surface area contributed by atoms with E-state index in [0.717, 1.165) is 10.6 Å². The molecule has 0 fully saturated rings. The minimum atomic E-state index is -0.273. The molecule has 2 aromatic rings. The van der Waals surface area contributed by atoms with Gasteiger partial charge in [0.15, 0.2) is 0 Å². The quantitative estimate of drug-likeness (QED) is 0.847. The maximum atomic E-state index is 12.6. The van der Waals surface area contributed by atoms with Crippen molar-refractivity contribution in [3.05, 3.63) is 48.5 Å². The van der Waals surface area contributed by atoms with E-state index >= 15 is 0 Å². The average molecular weight is 383 g/mol. The van der Waals surface area contributed by atoms with Gasteiger partial charge < -0.3 is 15.5 Å². The van der Waals surface area contributed by atoms with Gasteiger partial charge >= 0.3 is 0 Å². The van der Waals surface area contributed by atoms with Crippen molar-refractivity contribution in [1.82, 2.24) is 0 Å². The van der Waals surface area contributed by atoms with Crippen LogP contribution in [0.15, 0.2) is 53.4 Å². The predicted octanol–water partition coefficient (Wildman–Crippen LogP) is 3.50. The minimum absolute atomic E-state index is 0.0451. The number of carbonyl (C=O) groups excluding carboxylic acids is 3. The summed E-state index contributed by atoms with van der Waals surface area (Å²) in [4.78, 5) is 38.7. The molecule has 0 spiro atoms. The number of para-hydroxylation sites is 1. The Kier molecular flexibility index (Phi) is 5.81. The van der Waals surface area contributed by atoms with E-state index in [1.54, 1.807) is 40.9 Å². The Labute approximate surface area is 162 Å². The van der Waals surface area contributed by atoms with Gasteiger partial charge in [-0.15, -0.1) is 11.8 Å². The number of carbonyl (C=O) groups is 3. The number of rotatable bonds is 4. The summed E-state index contributed by atoms with van der Waals surface area (Å²) < 4.78 is 0. The summed E-state index contributed by atoms with van der Waals surface area (Å²) in [5, 5.41) is 5.63. The zero-order chi connectivity index (χ0) is 19.4. The Hall–Kier alpha value is -2.80. The van der Waals surface area contributed by atoms with Crippen LogP contribution in [0.2, 0.25) is 0 Å². The molecule has 1 atom stereocenters. The number of fused-ring (bicyclic) bond motifs is 1. The van der Waals surface area contributed by atoms with E-state index in [9.17, 15) is 14.4 Å². The lowest BCUT2D eigenvalue weighted by atomic mass is 10.2. The van der Waals surface area contributed by atoms with Crippen molar-refractivity contribution in [2.45, 2.75) is 30.4 Å². The molecule has 7 heteroatoms. The first kappa shape index (κ1) is 19.0. The number of hydrogen-bond donors (Lipinski definition) is 2. The first-order valence-electron chi connectivity index (χ1n) is 8.66. The topological polar surface area (TPSA) is 78.5 Å². The lowest BCUT2D eigenvalue weighted by molar-refractivity contribution is -0.121. The Morgan fingerprint density at radius 1 is 1.07 bits per heavy atom. The van der Waals surface area contributed by atoms with Crippen molar-refractivity contribution < 1.29 is 14.4 Å². The molecule has 0 saturated carbocycles. The lowest BCUT2D eigenvalue weighted by Crippen LogP contribution is -2.38. The van der Waals surface area contributed by atoms with Crippen molar-refractivity contribution in [3.8, 4) is 0 Å². The van der Waals surface area contributed by atoms with Gasteiger partial charge in [-0.25, -0.2) is 0 Å². The molecular formula is C20H21N3O3S. The van der Waals surface area contributed by atoms with E-state index in [2.05, 4.69) is 10.6 Å². The molecule has 3 amide bonds. The second kappa shape index (κ2) is 8.26. The molecule has 1 aliphatic rings. The van der Waals surface area contributed by atoms with Crippen LogP contribution in [0.5, 0.6) is 0 Å². The molecule has 0 unspecified atom stereocenters. The average Bonchev–Trinajstić information content (AvgIpc) is 2.72. The van der Waals surface area contributed by atoms with Crippen LogP contribution < -0.4 is 15.5 Å². The molecule has 0 aliphatic carbocycles. The standard InChI is InChI=1S/C20H21N3O3S/c1-13-11-20(26)23(17-5-3-4-6-18(17)27-13)12-19(25)22-16-9-7-15(8-10-16)21-14(2)24/h3-10,13H,11-12H2,1-2H3,(H,21,24)(H,22,25)/t13-/m0/s1. The third-order valence-corrected chi connectivity index (χ3v) is 5.21. The Balaban J connectivity index is 1.71. The van der Waals surface area contributed by atoms with E-state index < -0.39 is 0 Å². The smallest absolute Gasteiger partial charge is 0.244 e. The van der Waals surface area contributed by atoms with E-state index in [0.29, 0.717) is 17.8 Å². The first-order chi connectivity index (χ1) is 12.9. The lowest BCUT2D eigenvalue weighted by Gasteiger charge is -2.22. The largest absolute Gasteiger partial charge is 0.326 e. The fourth-order valence-corrected chi connectivity index (χ4v) is 4.00. The molecule has 0 saturated heterocycles. The van der Waals surface area contributed by atoms with E-state index in [1.165, 1.54) is 6.92 Å². The number of thioether (sulfide) groups is 1. The van der Waals surface area contributed by atoms with Gasteiger partial charge in [0.05, 0.1) is 5.69 Å². The zero-order valence-electron chi connectivity index (χ0n) is 15.2. The summed E-state index contributed by atoms with van der Waals surface area (Å²) in [5.41, 5.74) is 2.03. The molecule has 2 aromatic carbocycles. The highest BCUT2D eigenvalue weighted by Gasteiger charge is 2.27. The third-order valence-electron chi connectivity index (χ3n) is 4.04. The van der Waals surface area contributed by atoms with Crippen LogP contribution >= 0.6 is 11.8 Å². The highest BCUT2D eigenvalue weighted by molar-refractivity contribution is 8.00. The Morgan fingerprint density at radius 3 is 2.37 bits per heavy atom. The molecule has 1 aliphatic heterocycles. The minimum Gasteiger partial charge on any atom is -0.326 e. The number of hydrogen-bond acceptors (Lipinski definition) is 4. The van der Waals surface area contributed by atoms with Gasteiger partial charge in [0.1, 0.15) is 6.54 Å². The third kappa shape index (κ3) is 4.89. The first-order valence-corrected chi connectivity index (χ1v) is 9.54. The van der Waals surface area contributed by atoms with Crippen molar-refractivity contribution in [3.63, 3.8) is 0 Å². The van der Waals surface area contributed by atoms with Crippen LogP contribution in [-0.4, -0.2) is 29.5 Å². The Bertz CT molecular complexity index is 867. The summed E-state index contributed by atoms with van der Waals surface area (Å²) in [6.07, 6.45) is 0.387. The fraction of sp³-hybridized carbons (Fsp3) is 0.250. The molecule has 0 bridgehead atoms. The molecule has 0 aromatic heterocycles. The fourth-order valence-electron chi connectivity index (χ4n) is 2.89. The van der Waals surface area contributed by atoms with Gasteiger partial charge in [-0.2, -0.15) is 0 Å². The SMILES string of the molecule is CC(=O)Nc1ccc(NC(=O)CN2C(=O)C[C@H](C)Sc3ccccc32)cc1. The predicted molar refractivity (Wildman–Crippen MR) is 108 cm³/mol.